The number of ether oxygens (including phenoxy) is 1. The number of carbonyl (C=O) groups is 1. The van der Waals surface area contributed by atoms with E-state index < -0.39 is 0 Å². The Morgan fingerprint density at radius 1 is 1.00 bits per heavy atom. The third-order valence-corrected chi connectivity index (χ3v) is 7.09. The number of ketones is 1. The van der Waals surface area contributed by atoms with Crippen molar-refractivity contribution >= 4 is 22.4 Å². The second kappa shape index (κ2) is 8.58. The molecule has 4 aromatic rings. The Morgan fingerprint density at radius 2 is 1.86 bits per heavy atom. The van der Waals surface area contributed by atoms with Crippen LogP contribution in [0.1, 0.15) is 48.3 Å². The quantitative estimate of drug-likeness (QED) is 0.373. The van der Waals surface area contributed by atoms with Crippen molar-refractivity contribution in [2.24, 2.45) is 0 Å². The van der Waals surface area contributed by atoms with Gasteiger partial charge in [-0.05, 0) is 66.3 Å². The van der Waals surface area contributed by atoms with Crippen LogP contribution >= 0.6 is 0 Å². The minimum atomic E-state index is -0.279. The Labute approximate surface area is 204 Å². The summed E-state index contributed by atoms with van der Waals surface area (Å²) in [6.07, 6.45) is 3.02. The Kier molecular flexibility index (Phi) is 5.25. The maximum absolute atomic E-state index is 13.8. The molecule has 1 aliphatic heterocycles. The maximum atomic E-state index is 13.8. The molecular weight excluding hydrogens is 436 g/mol. The lowest BCUT2D eigenvalue weighted by molar-refractivity contribution is -0.116. The first-order valence-electron chi connectivity index (χ1n) is 12.1. The molecular formula is C30H26N2O3. The lowest BCUT2D eigenvalue weighted by atomic mass is 9.71. The van der Waals surface area contributed by atoms with Gasteiger partial charge in [0.1, 0.15) is 0 Å². The molecule has 2 heterocycles. The lowest BCUT2D eigenvalue weighted by Gasteiger charge is -2.37. The number of benzene rings is 3. The molecule has 3 aromatic carbocycles. The molecule has 6 rings (SSSR count). The minimum Gasteiger partial charge on any atom is -0.504 e. The Hall–Kier alpha value is -4.12. The Balaban J connectivity index is 1.56. The molecule has 0 saturated heterocycles. The van der Waals surface area contributed by atoms with Crippen LogP contribution in [0.2, 0.25) is 0 Å². The minimum absolute atomic E-state index is 0.0951. The van der Waals surface area contributed by atoms with Gasteiger partial charge in [0.25, 0.3) is 0 Å². The molecule has 0 unspecified atom stereocenters. The van der Waals surface area contributed by atoms with Gasteiger partial charge in [-0.2, -0.15) is 0 Å². The molecule has 5 nitrogen and oxygen atoms in total. The van der Waals surface area contributed by atoms with Crippen LogP contribution in [-0.4, -0.2) is 22.5 Å². The van der Waals surface area contributed by atoms with Gasteiger partial charge < -0.3 is 15.2 Å². The summed E-state index contributed by atoms with van der Waals surface area (Å²) in [5.41, 5.74) is 6.79. The van der Waals surface area contributed by atoms with Gasteiger partial charge in [-0.25, -0.2) is 0 Å². The average Bonchev–Trinajstić information content (AvgIpc) is 2.89. The van der Waals surface area contributed by atoms with Gasteiger partial charge in [-0.1, -0.05) is 42.5 Å². The van der Waals surface area contributed by atoms with E-state index >= 15 is 0 Å². The number of allylic oxidation sites excluding steroid dienone is 2. The number of fused-ring (bicyclic) bond motifs is 3. The summed E-state index contributed by atoms with van der Waals surface area (Å²) in [6.45, 7) is 2.33. The molecule has 1 aliphatic carbocycles. The largest absolute Gasteiger partial charge is 0.504 e. The SMILES string of the molecule is CCOc1cc([C@H]2C3=C(C[C@H](c4ccccc4)CC3=O)Nc3ccc4ncccc4c32)ccc1O. The van der Waals surface area contributed by atoms with Crippen LogP contribution in [0.5, 0.6) is 11.5 Å². The Morgan fingerprint density at radius 3 is 2.69 bits per heavy atom. The van der Waals surface area contributed by atoms with Crippen LogP contribution < -0.4 is 10.1 Å². The predicted molar refractivity (Wildman–Crippen MR) is 137 cm³/mol. The van der Waals surface area contributed by atoms with Crippen molar-refractivity contribution in [2.45, 2.75) is 31.6 Å². The molecule has 0 spiro atoms. The van der Waals surface area contributed by atoms with Crippen LogP contribution in [0.3, 0.4) is 0 Å². The highest BCUT2D eigenvalue weighted by atomic mass is 16.5. The van der Waals surface area contributed by atoms with Crippen LogP contribution in [0.4, 0.5) is 5.69 Å². The summed E-state index contributed by atoms with van der Waals surface area (Å²) in [5, 5.41) is 15.0. The second-order valence-corrected chi connectivity index (χ2v) is 9.15. The van der Waals surface area contributed by atoms with Crippen molar-refractivity contribution in [3.8, 4) is 11.5 Å². The van der Waals surface area contributed by atoms with Crippen molar-refractivity contribution in [3.05, 3.63) is 107 Å². The molecule has 0 fully saturated rings. The average molecular weight is 463 g/mol. The number of carbonyl (C=O) groups excluding carboxylic acids is 1. The van der Waals surface area contributed by atoms with E-state index in [1.807, 2.05) is 49.4 Å². The fourth-order valence-corrected chi connectivity index (χ4v) is 5.56. The first-order chi connectivity index (χ1) is 17.1. The fraction of sp³-hybridized carbons (Fsp3) is 0.200. The summed E-state index contributed by atoms with van der Waals surface area (Å²) in [7, 11) is 0. The zero-order valence-electron chi connectivity index (χ0n) is 19.5. The number of phenols is 1. The van der Waals surface area contributed by atoms with Gasteiger partial charge in [-0.15, -0.1) is 0 Å². The number of nitrogens with zero attached hydrogens (tertiary/aromatic N) is 1. The predicted octanol–water partition coefficient (Wildman–Crippen LogP) is 6.30. The van der Waals surface area contributed by atoms with Crippen molar-refractivity contribution in [1.82, 2.24) is 4.98 Å². The first kappa shape index (κ1) is 21.4. The molecule has 0 saturated carbocycles. The topological polar surface area (TPSA) is 71.5 Å². The molecule has 35 heavy (non-hydrogen) atoms. The van der Waals surface area contributed by atoms with E-state index in [1.165, 1.54) is 5.56 Å². The highest BCUT2D eigenvalue weighted by molar-refractivity contribution is 6.04. The van der Waals surface area contributed by atoms with Crippen LogP contribution in [-0.2, 0) is 4.79 Å². The maximum Gasteiger partial charge on any atom is 0.162 e. The fourth-order valence-electron chi connectivity index (χ4n) is 5.56. The summed E-state index contributed by atoms with van der Waals surface area (Å²) in [5.74, 6) is 0.528. The van der Waals surface area contributed by atoms with E-state index in [0.29, 0.717) is 18.8 Å². The van der Waals surface area contributed by atoms with Gasteiger partial charge >= 0.3 is 0 Å². The lowest BCUT2D eigenvalue weighted by Crippen LogP contribution is -2.30. The molecule has 2 N–H and O–H groups in total. The van der Waals surface area contributed by atoms with Gasteiger partial charge in [0.05, 0.1) is 12.1 Å². The zero-order valence-corrected chi connectivity index (χ0v) is 19.5. The van der Waals surface area contributed by atoms with Crippen LogP contribution in [0.15, 0.2) is 90.3 Å². The van der Waals surface area contributed by atoms with Crippen LogP contribution in [0, 0.1) is 0 Å². The third kappa shape index (κ3) is 3.64. The summed E-state index contributed by atoms with van der Waals surface area (Å²) in [4.78, 5) is 18.4. The number of hydrogen-bond donors (Lipinski definition) is 2. The van der Waals surface area contributed by atoms with Crippen molar-refractivity contribution in [1.29, 1.82) is 0 Å². The third-order valence-electron chi connectivity index (χ3n) is 7.09. The normalized spacial score (nSPS) is 19.2. The van der Waals surface area contributed by atoms with Gasteiger partial charge in [-0.3, -0.25) is 9.78 Å². The molecule has 0 radical (unpaired) electrons. The van der Waals surface area contributed by atoms with Gasteiger partial charge in [0.15, 0.2) is 17.3 Å². The number of hydrogen-bond acceptors (Lipinski definition) is 5. The number of nitrogens with one attached hydrogen (secondary N) is 1. The van der Waals surface area contributed by atoms with Crippen molar-refractivity contribution in [3.63, 3.8) is 0 Å². The van der Waals surface area contributed by atoms with E-state index in [-0.39, 0.29) is 23.4 Å². The van der Waals surface area contributed by atoms with E-state index in [0.717, 1.165) is 45.4 Å². The van der Waals surface area contributed by atoms with Crippen molar-refractivity contribution in [2.75, 3.05) is 11.9 Å². The summed E-state index contributed by atoms with van der Waals surface area (Å²) >= 11 is 0. The standard InChI is InChI=1S/C30H26N2O3/c1-2-35-27-17-19(10-13-25(27)33)28-29-21-9-6-14-31-22(21)11-12-23(29)32-24-15-20(16-26(34)30(24)28)18-7-4-3-5-8-18/h3-14,17,20,28,32-33H,2,15-16H2,1H3/t20-,28+/m0/s1. The first-order valence-corrected chi connectivity index (χ1v) is 12.1. The molecule has 174 valence electrons. The van der Waals surface area contributed by atoms with Crippen molar-refractivity contribution < 1.29 is 14.6 Å². The highest BCUT2D eigenvalue weighted by Gasteiger charge is 2.39. The highest BCUT2D eigenvalue weighted by Crippen LogP contribution is 2.50. The monoisotopic (exact) mass is 462 g/mol. The van der Waals surface area contributed by atoms with E-state index in [9.17, 15) is 9.90 Å². The smallest absolute Gasteiger partial charge is 0.162 e. The number of rotatable bonds is 4. The number of anilines is 1. The van der Waals surface area contributed by atoms with E-state index in [4.69, 9.17) is 4.74 Å². The number of Topliss-reactive ketones (excluding diaryl/α,β-unsaturated/α-hetero) is 1. The van der Waals surface area contributed by atoms with E-state index in [1.54, 1.807) is 12.3 Å². The molecule has 2 aliphatic rings. The summed E-state index contributed by atoms with van der Waals surface area (Å²) in [6, 6.07) is 23.8. The summed E-state index contributed by atoms with van der Waals surface area (Å²) < 4.78 is 5.70. The zero-order chi connectivity index (χ0) is 23.9. The molecule has 5 heteroatoms. The number of aromatic hydroxyl groups is 1. The molecule has 0 bridgehead atoms. The second-order valence-electron chi connectivity index (χ2n) is 9.15. The molecule has 0 amide bonds. The Bertz CT molecular complexity index is 1480. The number of aromatic nitrogens is 1. The number of phenolic OH excluding ortho intramolecular Hbond substituents is 1. The van der Waals surface area contributed by atoms with Crippen LogP contribution in [0.25, 0.3) is 10.9 Å². The van der Waals surface area contributed by atoms with Gasteiger partial charge in [0.2, 0.25) is 0 Å². The number of pyridine rings is 1. The molecule has 2 atom stereocenters. The van der Waals surface area contributed by atoms with Gasteiger partial charge in [0, 0.05) is 40.9 Å². The van der Waals surface area contributed by atoms with E-state index in [2.05, 4.69) is 34.6 Å². The molecule has 1 aromatic heterocycles.